The van der Waals surface area contributed by atoms with Crippen LogP contribution in [0.5, 0.6) is 0 Å². The van der Waals surface area contributed by atoms with Gasteiger partial charge in [-0.05, 0) is 38.1 Å². The Labute approximate surface area is 161 Å². The summed E-state index contributed by atoms with van der Waals surface area (Å²) in [6.45, 7) is 7.39. The quantitative estimate of drug-likeness (QED) is 0.841. The number of halogens is 3. The first-order valence-electron chi connectivity index (χ1n) is 9.09. The predicted molar refractivity (Wildman–Crippen MR) is 97.6 cm³/mol. The van der Waals surface area contributed by atoms with Crippen LogP contribution >= 0.6 is 0 Å². The fourth-order valence-electron chi connectivity index (χ4n) is 3.19. The zero-order valence-electron chi connectivity index (χ0n) is 15.8. The minimum Gasteiger partial charge on any atom is -0.361 e. The summed E-state index contributed by atoms with van der Waals surface area (Å²) in [5.74, 6) is 0.544. The molecule has 0 radical (unpaired) electrons. The summed E-state index contributed by atoms with van der Waals surface area (Å²) in [5.41, 5.74) is 0.501. The Morgan fingerprint density at radius 2 is 1.86 bits per heavy atom. The number of piperazine rings is 1. The molecule has 1 aromatic carbocycles. The minimum absolute atomic E-state index is 0.236. The van der Waals surface area contributed by atoms with Crippen LogP contribution in [-0.4, -0.2) is 53.1 Å². The molecule has 1 saturated heterocycles. The maximum absolute atomic E-state index is 12.6. The van der Waals surface area contributed by atoms with E-state index in [1.807, 2.05) is 13.0 Å². The highest BCUT2D eigenvalue weighted by Crippen LogP contribution is 2.29. The van der Waals surface area contributed by atoms with Gasteiger partial charge in [0, 0.05) is 44.5 Å². The molecule has 1 fully saturated rings. The maximum Gasteiger partial charge on any atom is 0.416 e. The number of amides is 1. The van der Waals surface area contributed by atoms with Gasteiger partial charge >= 0.3 is 6.18 Å². The molecule has 0 spiro atoms. The van der Waals surface area contributed by atoms with Crippen LogP contribution in [0.25, 0.3) is 0 Å². The number of benzene rings is 1. The van der Waals surface area contributed by atoms with Gasteiger partial charge in [-0.3, -0.25) is 14.6 Å². The average molecular weight is 396 g/mol. The molecule has 2 aromatic rings. The van der Waals surface area contributed by atoms with Crippen LogP contribution < -0.4 is 5.32 Å². The first-order chi connectivity index (χ1) is 13.2. The van der Waals surface area contributed by atoms with Gasteiger partial charge in [0.25, 0.3) is 0 Å². The third kappa shape index (κ3) is 5.11. The van der Waals surface area contributed by atoms with E-state index >= 15 is 0 Å². The molecule has 1 amide bonds. The summed E-state index contributed by atoms with van der Waals surface area (Å²) in [6, 6.07) is 6.00. The third-order valence-electron chi connectivity index (χ3n) is 4.88. The van der Waals surface area contributed by atoms with Crippen LogP contribution in [-0.2, 0) is 17.5 Å². The number of carbonyl (C=O) groups excluding carboxylic acids is 1. The fraction of sp³-hybridized carbons (Fsp3) is 0.474. The highest BCUT2D eigenvalue weighted by Gasteiger charge is 2.30. The molecule has 152 valence electrons. The smallest absolute Gasteiger partial charge is 0.361 e. The van der Waals surface area contributed by atoms with Gasteiger partial charge in [-0.15, -0.1) is 0 Å². The summed E-state index contributed by atoms with van der Waals surface area (Å²) in [5, 5.41) is 6.68. The topological polar surface area (TPSA) is 61.6 Å². The molecule has 1 atom stereocenters. The lowest BCUT2D eigenvalue weighted by atomic mass is 10.1. The molecule has 0 unspecified atom stereocenters. The Morgan fingerprint density at radius 3 is 2.39 bits per heavy atom. The summed E-state index contributed by atoms with van der Waals surface area (Å²) >= 11 is 0. The second-order valence-corrected chi connectivity index (χ2v) is 6.98. The lowest BCUT2D eigenvalue weighted by Crippen LogP contribution is -2.52. The van der Waals surface area contributed by atoms with Crippen LogP contribution in [0.3, 0.4) is 0 Å². The van der Waals surface area contributed by atoms with Gasteiger partial charge in [0.15, 0.2) is 0 Å². The fourth-order valence-corrected chi connectivity index (χ4v) is 3.19. The van der Waals surface area contributed by atoms with E-state index in [1.165, 1.54) is 12.1 Å². The van der Waals surface area contributed by atoms with Crippen molar-refractivity contribution in [1.29, 1.82) is 0 Å². The minimum atomic E-state index is -4.39. The molecule has 0 saturated carbocycles. The van der Waals surface area contributed by atoms with Gasteiger partial charge in [-0.1, -0.05) is 5.16 Å². The van der Waals surface area contributed by atoms with Gasteiger partial charge in [0.05, 0.1) is 17.3 Å². The van der Waals surface area contributed by atoms with E-state index in [1.54, 1.807) is 6.92 Å². The van der Waals surface area contributed by atoms with Gasteiger partial charge in [-0.2, -0.15) is 13.2 Å². The van der Waals surface area contributed by atoms with Gasteiger partial charge in [-0.25, -0.2) is 0 Å². The molecule has 1 aliphatic rings. The number of anilines is 1. The van der Waals surface area contributed by atoms with E-state index in [0.29, 0.717) is 12.2 Å². The van der Waals surface area contributed by atoms with Crippen molar-refractivity contribution in [3.05, 3.63) is 47.3 Å². The average Bonchev–Trinajstić information content (AvgIpc) is 3.06. The third-order valence-corrected chi connectivity index (χ3v) is 4.88. The first kappa shape index (κ1) is 20.3. The van der Waals surface area contributed by atoms with Crippen molar-refractivity contribution in [3.63, 3.8) is 0 Å². The Kier molecular flexibility index (Phi) is 6.04. The van der Waals surface area contributed by atoms with Crippen molar-refractivity contribution in [2.24, 2.45) is 0 Å². The Morgan fingerprint density at radius 1 is 1.21 bits per heavy atom. The monoisotopic (exact) mass is 396 g/mol. The van der Waals surface area contributed by atoms with Crippen LogP contribution in [0, 0.1) is 6.92 Å². The standard InChI is InChI=1S/C19H23F3N4O2/c1-13-11-17(24-28-13)12-25-7-9-26(10-8-25)14(2)18(27)23-16-5-3-15(4-6-16)19(20,21)22/h3-6,11,14H,7-10,12H2,1-2H3,(H,23,27)/t14-/m0/s1. The number of nitrogens with zero attached hydrogens (tertiary/aromatic N) is 3. The highest BCUT2D eigenvalue weighted by atomic mass is 19.4. The predicted octanol–water partition coefficient (Wildman–Crippen LogP) is 3.15. The zero-order valence-corrected chi connectivity index (χ0v) is 15.8. The van der Waals surface area contributed by atoms with Crippen LogP contribution in [0.15, 0.2) is 34.9 Å². The van der Waals surface area contributed by atoms with E-state index in [4.69, 9.17) is 4.52 Å². The van der Waals surface area contributed by atoms with Crippen molar-refractivity contribution in [1.82, 2.24) is 15.0 Å². The van der Waals surface area contributed by atoms with Crippen molar-refractivity contribution in [2.45, 2.75) is 32.6 Å². The van der Waals surface area contributed by atoms with Gasteiger partial charge < -0.3 is 9.84 Å². The molecule has 3 rings (SSSR count). The van der Waals surface area contributed by atoms with E-state index in [9.17, 15) is 18.0 Å². The van der Waals surface area contributed by atoms with E-state index < -0.39 is 11.7 Å². The summed E-state index contributed by atoms with van der Waals surface area (Å²) in [6.07, 6.45) is -4.39. The Hall–Kier alpha value is -2.39. The molecule has 0 bridgehead atoms. The van der Waals surface area contributed by atoms with E-state index in [-0.39, 0.29) is 11.9 Å². The SMILES string of the molecule is Cc1cc(CN2CCN([C@@H](C)C(=O)Nc3ccc(C(F)(F)F)cc3)CC2)no1. The molecule has 9 heteroatoms. The first-order valence-corrected chi connectivity index (χ1v) is 9.09. The van der Waals surface area contributed by atoms with Crippen LogP contribution in [0.4, 0.5) is 18.9 Å². The molecule has 0 aliphatic carbocycles. The van der Waals surface area contributed by atoms with E-state index in [2.05, 4.69) is 20.3 Å². The molecule has 1 N–H and O–H groups in total. The van der Waals surface area contributed by atoms with Crippen LogP contribution in [0.2, 0.25) is 0 Å². The number of alkyl halides is 3. The second kappa shape index (κ2) is 8.32. The molecular formula is C19H23F3N4O2. The van der Waals surface area contributed by atoms with Crippen molar-refractivity contribution in [3.8, 4) is 0 Å². The summed E-state index contributed by atoms with van der Waals surface area (Å²) < 4.78 is 42.9. The molecule has 28 heavy (non-hydrogen) atoms. The van der Waals surface area contributed by atoms with Gasteiger partial charge in [0.2, 0.25) is 5.91 Å². The number of carbonyl (C=O) groups is 1. The largest absolute Gasteiger partial charge is 0.416 e. The number of aryl methyl sites for hydroxylation is 1. The highest BCUT2D eigenvalue weighted by molar-refractivity contribution is 5.94. The molecule has 6 nitrogen and oxygen atoms in total. The van der Waals surface area contributed by atoms with Crippen molar-refractivity contribution < 1.29 is 22.5 Å². The molecular weight excluding hydrogens is 373 g/mol. The molecule has 2 heterocycles. The number of aromatic nitrogens is 1. The Bertz CT molecular complexity index is 796. The maximum atomic E-state index is 12.6. The number of rotatable bonds is 5. The van der Waals surface area contributed by atoms with E-state index in [0.717, 1.165) is 49.8 Å². The lowest BCUT2D eigenvalue weighted by molar-refractivity contribution is -0.137. The van der Waals surface area contributed by atoms with Gasteiger partial charge in [0.1, 0.15) is 5.76 Å². The zero-order chi connectivity index (χ0) is 20.3. The van der Waals surface area contributed by atoms with Crippen molar-refractivity contribution >= 4 is 11.6 Å². The normalized spacial score (nSPS) is 17.5. The van der Waals surface area contributed by atoms with Crippen LogP contribution in [0.1, 0.15) is 23.9 Å². The number of nitrogens with one attached hydrogen (secondary N) is 1. The lowest BCUT2D eigenvalue weighted by Gasteiger charge is -2.37. The Balaban J connectivity index is 1.49. The molecule has 1 aliphatic heterocycles. The summed E-state index contributed by atoms with van der Waals surface area (Å²) in [7, 11) is 0. The number of hydrogen-bond acceptors (Lipinski definition) is 5. The van der Waals surface area contributed by atoms with Crippen molar-refractivity contribution in [2.75, 3.05) is 31.5 Å². The number of hydrogen-bond donors (Lipinski definition) is 1. The molecule has 1 aromatic heterocycles. The summed E-state index contributed by atoms with van der Waals surface area (Å²) in [4.78, 5) is 16.8. The second-order valence-electron chi connectivity index (χ2n) is 6.98.